The van der Waals surface area contributed by atoms with Crippen LogP contribution in [0.25, 0.3) is 10.8 Å². The van der Waals surface area contributed by atoms with Crippen LogP contribution >= 0.6 is 0 Å². The molecule has 2 nitrogen and oxygen atoms in total. The lowest BCUT2D eigenvalue weighted by Gasteiger charge is -2.30. The van der Waals surface area contributed by atoms with Crippen LogP contribution in [0, 0.1) is 5.92 Å². The van der Waals surface area contributed by atoms with Crippen molar-refractivity contribution in [3.63, 3.8) is 0 Å². The van der Waals surface area contributed by atoms with E-state index >= 15 is 0 Å². The predicted octanol–water partition coefficient (Wildman–Crippen LogP) is 6.15. The molecule has 3 aromatic rings. The van der Waals surface area contributed by atoms with Crippen LogP contribution in [-0.4, -0.2) is 11.9 Å². The van der Waals surface area contributed by atoms with Gasteiger partial charge in [0.2, 0.25) is 5.78 Å². The first-order valence-corrected chi connectivity index (χ1v) is 10.1. The van der Waals surface area contributed by atoms with E-state index < -0.39 is 6.10 Å². The molecule has 5 rings (SSSR count). The van der Waals surface area contributed by atoms with Crippen molar-refractivity contribution in [3.8, 4) is 5.75 Å². The Labute approximate surface area is 160 Å². The summed E-state index contributed by atoms with van der Waals surface area (Å²) in [6, 6.07) is 22.3. The summed E-state index contributed by atoms with van der Waals surface area (Å²) < 4.78 is 6.35. The van der Waals surface area contributed by atoms with E-state index in [2.05, 4.69) is 36.4 Å². The van der Waals surface area contributed by atoms with E-state index in [9.17, 15) is 4.79 Å². The molecular formula is C25H24O2. The van der Waals surface area contributed by atoms with Crippen molar-refractivity contribution in [2.24, 2.45) is 5.92 Å². The average molecular weight is 356 g/mol. The first-order valence-electron chi connectivity index (χ1n) is 10.1. The van der Waals surface area contributed by atoms with Gasteiger partial charge >= 0.3 is 0 Å². The number of Topliss-reactive ketones (excluding diaryl/α,β-unsaturated/α-hetero) is 1. The van der Waals surface area contributed by atoms with Gasteiger partial charge in [-0.3, -0.25) is 4.79 Å². The molecule has 1 aliphatic heterocycles. The van der Waals surface area contributed by atoms with E-state index in [-0.39, 0.29) is 11.7 Å². The van der Waals surface area contributed by atoms with E-state index in [1.54, 1.807) is 0 Å². The normalized spacial score (nSPS) is 22.4. The van der Waals surface area contributed by atoms with Crippen LogP contribution < -0.4 is 4.74 Å². The van der Waals surface area contributed by atoms with E-state index in [0.29, 0.717) is 5.92 Å². The lowest BCUT2D eigenvalue weighted by Crippen LogP contribution is -2.34. The van der Waals surface area contributed by atoms with Gasteiger partial charge < -0.3 is 4.74 Å². The highest BCUT2D eigenvalue weighted by Crippen LogP contribution is 2.50. The van der Waals surface area contributed by atoms with Gasteiger partial charge in [-0.05, 0) is 35.6 Å². The van der Waals surface area contributed by atoms with Crippen LogP contribution in [0.2, 0.25) is 0 Å². The Kier molecular flexibility index (Phi) is 4.20. The number of ketones is 1. The molecule has 1 aliphatic carbocycles. The van der Waals surface area contributed by atoms with Crippen molar-refractivity contribution < 1.29 is 9.53 Å². The van der Waals surface area contributed by atoms with Crippen molar-refractivity contribution in [2.45, 2.75) is 44.1 Å². The molecule has 1 saturated carbocycles. The zero-order chi connectivity index (χ0) is 18.2. The Morgan fingerprint density at radius 2 is 1.56 bits per heavy atom. The highest BCUT2D eigenvalue weighted by molar-refractivity contribution is 6.02. The molecule has 3 aromatic carbocycles. The lowest BCUT2D eigenvalue weighted by molar-refractivity contribution is 0.0741. The third kappa shape index (κ3) is 2.84. The fourth-order valence-electron chi connectivity index (χ4n) is 5.04. The highest BCUT2D eigenvalue weighted by Gasteiger charge is 2.44. The van der Waals surface area contributed by atoms with Gasteiger partial charge in [0.25, 0.3) is 0 Å². The summed E-state index contributed by atoms with van der Waals surface area (Å²) in [6.45, 7) is 0. The number of ether oxygens (including phenoxy) is 1. The quantitative estimate of drug-likeness (QED) is 0.526. The van der Waals surface area contributed by atoms with Crippen molar-refractivity contribution in [1.29, 1.82) is 0 Å². The zero-order valence-corrected chi connectivity index (χ0v) is 15.4. The summed E-state index contributed by atoms with van der Waals surface area (Å²) in [5.41, 5.74) is 2.01. The number of hydrogen-bond donors (Lipinski definition) is 0. The minimum absolute atomic E-state index is 0.117. The van der Waals surface area contributed by atoms with Gasteiger partial charge in [-0.15, -0.1) is 0 Å². The average Bonchev–Trinajstić information content (AvgIpc) is 3.14. The van der Waals surface area contributed by atoms with Gasteiger partial charge in [0.05, 0.1) is 0 Å². The van der Waals surface area contributed by atoms with Crippen molar-refractivity contribution in [3.05, 3.63) is 77.9 Å². The highest BCUT2D eigenvalue weighted by atomic mass is 16.5. The first kappa shape index (κ1) is 16.6. The summed E-state index contributed by atoms with van der Waals surface area (Å²) in [5.74, 6) is 1.69. The van der Waals surface area contributed by atoms with Crippen LogP contribution in [0.1, 0.15) is 53.9 Å². The van der Waals surface area contributed by atoms with E-state index in [1.807, 2.05) is 30.3 Å². The summed E-state index contributed by atoms with van der Waals surface area (Å²) in [4.78, 5) is 13.4. The molecule has 0 radical (unpaired) electrons. The molecule has 27 heavy (non-hydrogen) atoms. The van der Waals surface area contributed by atoms with Crippen LogP contribution in [0.4, 0.5) is 0 Å². The second-order valence-electron chi connectivity index (χ2n) is 7.89. The molecule has 1 heterocycles. The summed E-state index contributed by atoms with van der Waals surface area (Å²) >= 11 is 0. The Balaban J connectivity index is 1.63. The second kappa shape index (κ2) is 6.84. The Morgan fingerprint density at radius 1 is 0.815 bits per heavy atom. The molecule has 2 atom stereocenters. The Hall–Kier alpha value is -2.61. The van der Waals surface area contributed by atoms with Gasteiger partial charge in [-0.1, -0.05) is 79.9 Å². The summed E-state index contributed by atoms with van der Waals surface area (Å²) in [7, 11) is 0. The maximum Gasteiger partial charge on any atom is 0.203 e. The van der Waals surface area contributed by atoms with Crippen molar-refractivity contribution >= 4 is 16.6 Å². The third-order valence-electron chi connectivity index (χ3n) is 6.32. The Bertz CT molecular complexity index is 970. The Morgan fingerprint density at radius 3 is 2.37 bits per heavy atom. The minimum Gasteiger partial charge on any atom is -0.481 e. The van der Waals surface area contributed by atoms with Gasteiger partial charge in [0.15, 0.2) is 6.10 Å². The first-order chi connectivity index (χ1) is 13.3. The SMILES string of the molecule is O=C(c1ccccc1)[C@H]1Oc2ccc3ccccc3c2[C@@H]1C1CCCCC1. The van der Waals surface area contributed by atoms with Crippen molar-refractivity contribution in [1.82, 2.24) is 0 Å². The monoisotopic (exact) mass is 356 g/mol. The second-order valence-corrected chi connectivity index (χ2v) is 7.89. The number of rotatable bonds is 3. The number of carbonyl (C=O) groups excluding carboxylic acids is 1. The minimum atomic E-state index is -0.406. The fourth-order valence-corrected chi connectivity index (χ4v) is 5.04. The van der Waals surface area contributed by atoms with Crippen LogP contribution in [-0.2, 0) is 0 Å². The topological polar surface area (TPSA) is 26.3 Å². The van der Waals surface area contributed by atoms with Gasteiger partial charge in [-0.25, -0.2) is 0 Å². The number of fused-ring (bicyclic) bond motifs is 3. The smallest absolute Gasteiger partial charge is 0.203 e. The van der Waals surface area contributed by atoms with E-state index in [1.165, 1.54) is 48.4 Å². The van der Waals surface area contributed by atoms with Crippen LogP contribution in [0.15, 0.2) is 66.7 Å². The van der Waals surface area contributed by atoms with Crippen LogP contribution in [0.3, 0.4) is 0 Å². The summed E-state index contributed by atoms with van der Waals surface area (Å²) in [5, 5.41) is 2.47. The molecule has 0 saturated heterocycles. The van der Waals surface area contributed by atoms with Gasteiger partial charge in [0.1, 0.15) is 5.75 Å². The van der Waals surface area contributed by atoms with Gasteiger partial charge in [0, 0.05) is 17.0 Å². The molecule has 0 unspecified atom stereocenters. The largest absolute Gasteiger partial charge is 0.481 e. The number of hydrogen-bond acceptors (Lipinski definition) is 2. The standard InChI is InChI=1S/C25H24O2/c26-24(19-12-5-2-6-13-19)25-22(18-10-3-1-4-11-18)23-20-14-8-7-9-17(20)15-16-21(23)27-25/h2,5-9,12-16,18,22,25H,1,3-4,10-11H2/t22-,25-/m0/s1. The van der Waals surface area contributed by atoms with E-state index in [4.69, 9.17) is 4.74 Å². The maximum absolute atomic E-state index is 13.4. The number of carbonyl (C=O) groups is 1. The van der Waals surface area contributed by atoms with Gasteiger partial charge in [-0.2, -0.15) is 0 Å². The molecule has 0 spiro atoms. The molecule has 136 valence electrons. The van der Waals surface area contributed by atoms with E-state index in [0.717, 1.165) is 11.3 Å². The lowest BCUT2D eigenvalue weighted by atomic mass is 9.73. The molecule has 0 aromatic heterocycles. The molecule has 2 aliphatic rings. The molecule has 0 amide bonds. The van der Waals surface area contributed by atoms with Crippen LogP contribution in [0.5, 0.6) is 5.75 Å². The van der Waals surface area contributed by atoms with Crippen molar-refractivity contribution in [2.75, 3.05) is 0 Å². The molecular weight excluding hydrogens is 332 g/mol. The summed E-state index contributed by atoms with van der Waals surface area (Å²) in [6.07, 6.45) is 5.80. The third-order valence-corrected chi connectivity index (χ3v) is 6.32. The molecule has 0 bridgehead atoms. The predicted molar refractivity (Wildman–Crippen MR) is 108 cm³/mol. The zero-order valence-electron chi connectivity index (χ0n) is 15.4. The fraction of sp³-hybridized carbons (Fsp3) is 0.320. The maximum atomic E-state index is 13.4. The molecule has 0 N–H and O–H groups in total. The molecule has 2 heteroatoms. The number of benzene rings is 3. The molecule has 1 fully saturated rings.